The highest BCUT2D eigenvalue weighted by Crippen LogP contribution is 2.43. The molecule has 1 aromatic rings. The smallest absolute Gasteiger partial charge is 0.279 e. The average molecular weight is 331 g/mol. The van der Waals surface area contributed by atoms with Crippen LogP contribution in [0.5, 0.6) is 0 Å². The summed E-state index contributed by atoms with van der Waals surface area (Å²) in [6.07, 6.45) is 0.596. The maximum absolute atomic E-state index is 13.0. The van der Waals surface area contributed by atoms with Crippen LogP contribution in [0.15, 0.2) is 40.3 Å². The lowest BCUT2D eigenvalue weighted by Gasteiger charge is -2.26. The Hall–Kier alpha value is -1.27. The first kappa shape index (κ1) is 14.7. The van der Waals surface area contributed by atoms with E-state index >= 15 is 0 Å². The molecule has 3 rings (SSSR count). The number of rotatable bonds is 2. The molecule has 0 spiro atoms. The van der Waals surface area contributed by atoms with Crippen molar-refractivity contribution in [1.29, 1.82) is 0 Å². The molecule has 2 aliphatic heterocycles. The minimum absolute atomic E-state index is 0.252. The molecular formula is C14H10ClF3N2S. The Labute approximate surface area is 128 Å². The third kappa shape index (κ3) is 2.51. The molecule has 0 bridgehead atoms. The normalized spacial score (nSPS) is 24.7. The van der Waals surface area contributed by atoms with Crippen molar-refractivity contribution < 1.29 is 13.2 Å². The van der Waals surface area contributed by atoms with Gasteiger partial charge in [-0.05, 0) is 30.4 Å². The van der Waals surface area contributed by atoms with Crippen LogP contribution in [0, 0.1) is 0 Å². The van der Waals surface area contributed by atoms with Gasteiger partial charge in [-0.25, -0.2) is 0 Å². The van der Waals surface area contributed by atoms with Gasteiger partial charge >= 0.3 is 6.18 Å². The molecule has 2 nitrogen and oxygen atoms in total. The molecule has 1 atom stereocenters. The Bertz CT molecular complexity index is 653. The van der Waals surface area contributed by atoms with Gasteiger partial charge in [-0.15, -0.1) is 11.8 Å². The Morgan fingerprint density at radius 1 is 1.29 bits per heavy atom. The summed E-state index contributed by atoms with van der Waals surface area (Å²) in [6, 6.07) is 3.31. The van der Waals surface area contributed by atoms with E-state index in [2.05, 4.69) is 9.98 Å². The van der Waals surface area contributed by atoms with Gasteiger partial charge in [0.1, 0.15) is 5.04 Å². The number of halogens is 4. The molecule has 7 heteroatoms. The predicted molar refractivity (Wildman–Crippen MR) is 80.5 cm³/mol. The van der Waals surface area contributed by atoms with Crippen LogP contribution in [0.4, 0.5) is 13.2 Å². The quantitative estimate of drug-likeness (QED) is 0.791. The van der Waals surface area contributed by atoms with E-state index in [4.69, 9.17) is 11.6 Å². The summed E-state index contributed by atoms with van der Waals surface area (Å²) >= 11 is 7.66. The molecule has 0 saturated carbocycles. The van der Waals surface area contributed by atoms with Gasteiger partial charge in [0, 0.05) is 29.1 Å². The zero-order chi connectivity index (χ0) is 15.1. The van der Waals surface area contributed by atoms with E-state index in [9.17, 15) is 13.2 Å². The highest BCUT2D eigenvalue weighted by Gasteiger charge is 2.41. The molecule has 0 fully saturated rings. The van der Waals surface area contributed by atoms with Gasteiger partial charge in [0.15, 0.2) is 5.54 Å². The van der Waals surface area contributed by atoms with Crippen molar-refractivity contribution in [3.05, 3.63) is 46.5 Å². The van der Waals surface area contributed by atoms with Gasteiger partial charge in [-0.2, -0.15) is 13.2 Å². The maximum atomic E-state index is 13.0. The molecule has 21 heavy (non-hydrogen) atoms. The first-order chi connectivity index (χ1) is 9.93. The summed E-state index contributed by atoms with van der Waals surface area (Å²) in [6.45, 7) is 0.641. The molecule has 1 aromatic carbocycles. The van der Waals surface area contributed by atoms with Gasteiger partial charge in [-0.1, -0.05) is 11.6 Å². The molecule has 110 valence electrons. The molecule has 0 saturated heterocycles. The van der Waals surface area contributed by atoms with Crippen molar-refractivity contribution in [2.24, 2.45) is 9.98 Å². The van der Waals surface area contributed by atoms with Crippen LogP contribution in [0.3, 0.4) is 0 Å². The number of hydrogen-bond donors (Lipinski definition) is 0. The zero-order valence-corrected chi connectivity index (χ0v) is 12.3. The van der Waals surface area contributed by atoms with Crippen molar-refractivity contribution in [1.82, 2.24) is 0 Å². The third-order valence-electron chi connectivity index (χ3n) is 3.32. The Morgan fingerprint density at radius 3 is 2.67 bits per heavy atom. The van der Waals surface area contributed by atoms with Crippen LogP contribution >= 0.6 is 23.4 Å². The van der Waals surface area contributed by atoms with E-state index in [-0.39, 0.29) is 5.02 Å². The number of hydrogen-bond acceptors (Lipinski definition) is 3. The van der Waals surface area contributed by atoms with E-state index in [0.29, 0.717) is 17.2 Å². The van der Waals surface area contributed by atoms with Crippen LogP contribution in [0.2, 0.25) is 5.02 Å². The number of alkyl halides is 3. The second kappa shape index (κ2) is 5.18. The monoisotopic (exact) mass is 330 g/mol. The summed E-state index contributed by atoms with van der Waals surface area (Å²) in [7, 11) is 0. The van der Waals surface area contributed by atoms with Crippen LogP contribution in [-0.4, -0.2) is 23.6 Å². The maximum Gasteiger partial charge on any atom is 0.416 e. The second-order valence-corrected chi connectivity index (χ2v) is 6.12. The van der Waals surface area contributed by atoms with Crippen LogP contribution in [0.1, 0.15) is 11.1 Å². The minimum Gasteiger partial charge on any atom is -0.279 e. The fourth-order valence-electron chi connectivity index (χ4n) is 2.35. The number of allylic oxidation sites excluding steroid dienone is 1. The lowest BCUT2D eigenvalue weighted by Crippen LogP contribution is -2.28. The van der Waals surface area contributed by atoms with E-state index in [1.807, 2.05) is 0 Å². The fourth-order valence-corrected chi connectivity index (χ4v) is 3.62. The van der Waals surface area contributed by atoms with Crippen LogP contribution < -0.4 is 0 Å². The SMILES string of the molecule is FC(F)(F)c1ccc(Cl)c(C2(C3=NCCS3)C=CC=N2)c1. The van der Waals surface area contributed by atoms with Crippen molar-refractivity contribution in [2.45, 2.75) is 11.7 Å². The summed E-state index contributed by atoms with van der Waals surface area (Å²) in [5.41, 5.74) is -1.43. The van der Waals surface area contributed by atoms with Crippen molar-refractivity contribution in [2.75, 3.05) is 12.3 Å². The minimum atomic E-state index is -4.42. The topological polar surface area (TPSA) is 24.7 Å². The van der Waals surface area contributed by atoms with Gasteiger partial charge in [0.05, 0.1) is 5.56 Å². The van der Waals surface area contributed by atoms with Crippen LogP contribution in [-0.2, 0) is 11.7 Å². The van der Waals surface area contributed by atoms with E-state index < -0.39 is 17.3 Å². The molecule has 1 unspecified atom stereocenters. The summed E-state index contributed by atoms with van der Waals surface area (Å²) in [4.78, 5) is 8.74. The Kier molecular flexibility index (Phi) is 3.61. The standard InChI is InChI=1S/C14H10ClF3N2S/c15-11-3-2-9(14(16,17)18)8-10(11)13(4-1-5-20-13)12-19-6-7-21-12/h1-5,8H,6-7H2. The van der Waals surface area contributed by atoms with Crippen LogP contribution in [0.25, 0.3) is 0 Å². The Morgan fingerprint density at radius 2 is 2.10 bits per heavy atom. The highest BCUT2D eigenvalue weighted by atomic mass is 35.5. The lowest BCUT2D eigenvalue weighted by molar-refractivity contribution is -0.137. The molecule has 2 heterocycles. The molecule has 0 amide bonds. The largest absolute Gasteiger partial charge is 0.416 e. The molecule has 0 N–H and O–H groups in total. The molecule has 0 aliphatic carbocycles. The zero-order valence-electron chi connectivity index (χ0n) is 10.7. The van der Waals surface area contributed by atoms with Crippen molar-refractivity contribution in [3.8, 4) is 0 Å². The van der Waals surface area contributed by atoms with E-state index in [0.717, 1.165) is 17.9 Å². The lowest BCUT2D eigenvalue weighted by atomic mass is 9.90. The predicted octanol–water partition coefficient (Wildman–Crippen LogP) is 4.34. The highest BCUT2D eigenvalue weighted by molar-refractivity contribution is 8.14. The number of benzene rings is 1. The molecule has 0 radical (unpaired) electrons. The van der Waals surface area contributed by atoms with Gasteiger partial charge in [-0.3, -0.25) is 9.98 Å². The summed E-state index contributed by atoms with van der Waals surface area (Å²) < 4.78 is 38.9. The van der Waals surface area contributed by atoms with Crippen molar-refractivity contribution in [3.63, 3.8) is 0 Å². The van der Waals surface area contributed by atoms with Gasteiger partial charge in [0.2, 0.25) is 0 Å². The number of nitrogens with zero attached hydrogens (tertiary/aromatic N) is 2. The summed E-state index contributed by atoms with van der Waals surface area (Å²) in [5.74, 6) is 0.803. The van der Waals surface area contributed by atoms with Gasteiger partial charge < -0.3 is 0 Å². The van der Waals surface area contributed by atoms with E-state index in [1.54, 1.807) is 18.4 Å². The fraction of sp³-hybridized carbons (Fsp3) is 0.286. The van der Waals surface area contributed by atoms with Crippen molar-refractivity contribution >= 4 is 34.6 Å². The molecule has 0 aromatic heterocycles. The number of aliphatic imine (C=N–C) groups is 2. The molecular weight excluding hydrogens is 321 g/mol. The van der Waals surface area contributed by atoms with Gasteiger partial charge in [0.25, 0.3) is 0 Å². The Balaban J connectivity index is 2.17. The number of thioether (sulfide) groups is 1. The second-order valence-electron chi connectivity index (χ2n) is 4.63. The first-order valence-electron chi connectivity index (χ1n) is 6.21. The first-order valence-corrected chi connectivity index (χ1v) is 7.58. The van der Waals surface area contributed by atoms with E-state index in [1.165, 1.54) is 17.8 Å². The molecule has 2 aliphatic rings. The third-order valence-corrected chi connectivity index (χ3v) is 4.75. The average Bonchev–Trinajstić information content (AvgIpc) is 3.09. The summed E-state index contributed by atoms with van der Waals surface area (Å²) in [5, 5.41) is 0.940.